The average Bonchev–Trinajstić information content (AvgIpc) is 3.29. The molecule has 0 fully saturated rings. The third kappa shape index (κ3) is 41.3. The number of esters is 3. The lowest BCUT2D eigenvalue weighted by atomic mass is 10.1. The zero-order chi connectivity index (χ0) is 47.1. The lowest BCUT2D eigenvalue weighted by Gasteiger charge is -2.14. The topological polar surface area (TPSA) is 101 Å². The molecular weight excluding hydrogens is 815 g/mol. The van der Waals surface area contributed by atoms with Crippen LogP contribution in [0.1, 0.15) is 206 Å². The molecule has 1 aromatic carbocycles. The van der Waals surface area contributed by atoms with E-state index in [0.717, 1.165) is 82.6 Å². The molecule has 0 bridgehead atoms. The molecule has 9 heteroatoms. The van der Waals surface area contributed by atoms with Crippen LogP contribution in [-0.2, 0) is 35.2 Å². The van der Waals surface area contributed by atoms with Crippen molar-refractivity contribution in [3.63, 3.8) is 0 Å². The predicted octanol–water partition coefficient (Wildman–Crippen LogP) is 14.7. The van der Waals surface area contributed by atoms with Crippen LogP contribution < -0.4 is 9.47 Å². The van der Waals surface area contributed by atoms with Gasteiger partial charge in [-0.1, -0.05) is 127 Å². The van der Waals surface area contributed by atoms with E-state index in [2.05, 4.69) is 62.5 Å². The molecule has 0 saturated carbocycles. The van der Waals surface area contributed by atoms with Crippen molar-refractivity contribution in [2.24, 2.45) is 0 Å². The standard InChI is InChI=1S/C56H93NO8/c1-5-7-9-11-13-15-17-19-21-23-25-27-29-31-33-39-54(58)63-45-37-35-43-61-52-47-51(50-65-56(60)41-42-57(3)4)48-53(49-52)62-44-36-38-46-64-55(59)40-34-32-30-28-26-24-22-20-18-16-14-12-10-8-6-2/h13-16,19-22,47-49H,5-12,17-18,23-46,50H2,1-4H3/b15-13-,16-14-,21-19-,22-20-. The first-order valence-electron chi connectivity index (χ1n) is 25.9. The van der Waals surface area contributed by atoms with E-state index < -0.39 is 0 Å². The van der Waals surface area contributed by atoms with Gasteiger partial charge in [0.2, 0.25) is 0 Å². The highest BCUT2D eigenvalue weighted by Crippen LogP contribution is 2.25. The Morgan fingerprint density at radius 3 is 1.25 bits per heavy atom. The van der Waals surface area contributed by atoms with Crippen LogP contribution in [0.3, 0.4) is 0 Å². The Hall–Kier alpha value is -3.85. The van der Waals surface area contributed by atoms with Crippen LogP contribution in [-0.4, -0.2) is 69.9 Å². The van der Waals surface area contributed by atoms with Gasteiger partial charge in [0.1, 0.15) is 18.1 Å². The minimum atomic E-state index is -0.262. The van der Waals surface area contributed by atoms with Gasteiger partial charge in [0.05, 0.1) is 32.8 Å². The number of allylic oxidation sites excluding steroid dienone is 8. The van der Waals surface area contributed by atoms with Crippen LogP contribution in [0.5, 0.6) is 11.5 Å². The number of hydrogen-bond donors (Lipinski definition) is 0. The fraction of sp³-hybridized carbons (Fsp3) is 0.696. The van der Waals surface area contributed by atoms with E-state index in [4.69, 9.17) is 23.7 Å². The number of benzene rings is 1. The molecule has 0 heterocycles. The second-order valence-electron chi connectivity index (χ2n) is 17.5. The Balaban J connectivity index is 2.26. The first-order valence-corrected chi connectivity index (χ1v) is 25.9. The lowest BCUT2D eigenvalue weighted by molar-refractivity contribution is -0.145. The normalized spacial score (nSPS) is 11.8. The van der Waals surface area contributed by atoms with Crippen molar-refractivity contribution in [1.82, 2.24) is 4.90 Å². The van der Waals surface area contributed by atoms with E-state index in [1.54, 1.807) is 0 Å². The summed E-state index contributed by atoms with van der Waals surface area (Å²) in [5.41, 5.74) is 0.778. The van der Waals surface area contributed by atoms with Crippen LogP contribution >= 0.6 is 0 Å². The molecule has 0 spiro atoms. The van der Waals surface area contributed by atoms with Gasteiger partial charge in [0.15, 0.2) is 0 Å². The molecule has 0 aliphatic heterocycles. The van der Waals surface area contributed by atoms with Gasteiger partial charge < -0.3 is 28.6 Å². The highest BCUT2D eigenvalue weighted by atomic mass is 16.5. The first-order chi connectivity index (χ1) is 31.8. The third-order valence-electron chi connectivity index (χ3n) is 10.9. The largest absolute Gasteiger partial charge is 0.493 e. The van der Waals surface area contributed by atoms with E-state index >= 15 is 0 Å². The number of nitrogens with zero attached hydrogens (tertiary/aromatic N) is 1. The van der Waals surface area contributed by atoms with Gasteiger partial charge in [-0.15, -0.1) is 0 Å². The molecule has 0 saturated heterocycles. The second kappa shape index (κ2) is 45.3. The molecule has 65 heavy (non-hydrogen) atoms. The molecule has 0 unspecified atom stereocenters. The maximum Gasteiger partial charge on any atom is 0.307 e. The summed E-state index contributed by atoms with van der Waals surface area (Å²) in [5, 5.41) is 0. The van der Waals surface area contributed by atoms with E-state index in [0.29, 0.717) is 76.6 Å². The van der Waals surface area contributed by atoms with Gasteiger partial charge in [-0.2, -0.15) is 0 Å². The summed E-state index contributed by atoms with van der Waals surface area (Å²) in [7, 11) is 3.84. The molecule has 0 amide bonds. The van der Waals surface area contributed by atoms with Crippen LogP contribution in [0, 0.1) is 0 Å². The SMILES string of the molecule is CCCCC/C=C\C/C=C\CCCCCCCC(=O)OCCCCOc1cc(COC(=O)CCN(C)C)cc(OCCCCOC(=O)CCCCCCC/C=C\C/C=C\CCCCC)c1. The average molecular weight is 908 g/mol. The summed E-state index contributed by atoms with van der Waals surface area (Å²) in [6.45, 7) is 6.88. The number of hydrogen-bond acceptors (Lipinski definition) is 9. The molecule has 0 radical (unpaired) electrons. The summed E-state index contributed by atoms with van der Waals surface area (Å²) < 4.78 is 28.6. The zero-order valence-electron chi connectivity index (χ0n) is 41.8. The van der Waals surface area contributed by atoms with Crippen molar-refractivity contribution in [2.45, 2.75) is 207 Å². The van der Waals surface area contributed by atoms with Crippen LogP contribution in [0.2, 0.25) is 0 Å². The highest BCUT2D eigenvalue weighted by Gasteiger charge is 2.10. The number of carbonyl (C=O) groups excluding carboxylic acids is 3. The van der Waals surface area contributed by atoms with Crippen molar-refractivity contribution < 1.29 is 38.1 Å². The van der Waals surface area contributed by atoms with E-state index in [9.17, 15) is 14.4 Å². The zero-order valence-corrected chi connectivity index (χ0v) is 41.8. The molecule has 0 aliphatic rings. The molecule has 370 valence electrons. The van der Waals surface area contributed by atoms with E-state index in [1.807, 2.05) is 37.2 Å². The Labute approximate surface area is 397 Å². The highest BCUT2D eigenvalue weighted by molar-refractivity contribution is 5.70. The minimum absolute atomic E-state index is 0.120. The monoisotopic (exact) mass is 908 g/mol. The third-order valence-corrected chi connectivity index (χ3v) is 10.9. The van der Waals surface area contributed by atoms with E-state index in [1.165, 1.54) is 77.0 Å². The van der Waals surface area contributed by atoms with Gasteiger partial charge in [-0.05, 0) is 135 Å². The first kappa shape index (κ1) is 59.2. The van der Waals surface area contributed by atoms with Crippen LogP contribution in [0.15, 0.2) is 66.8 Å². The Kier molecular flexibility index (Phi) is 41.2. The quantitative estimate of drug-likeness (QED) is 0.0274. The molecule has 0 atom stereocenters. The number of unbranched alkanes of at least 4 members (excludes halogenated alkanes) is 18. The molecular formula is C56H93NO8. The second-order valence-corrected chi connectivity index (χ2v) is 17.5. The Bertz CT molecular complexity index is 1330. The van der Waals surface area contributed by atoms with Crippen LogP contribution in [0.4, 0.5) is 0 Å². The summed E-state index contributed by atoms with van der Waals surface area (Å²) in [4.78, 5) is 38.7. The lowest BCUT2D eigenvalue weighted by Crippen LogP contribution is -2.18. The van der Waals surface area contributed by atoms with Gasteiger partial charge in [-0.25, -0.2) is 0 Å². The fourth-order valence-electron chi connectivity index (χ4n) is 6.90. The summed E-state index contributed by atoms with van der Waals surface area (Å²) in [6, 6.07) is 5.57. The molecule has 0 N–H and O–H groups in total. The van der Waals surface area contributed by atoms with Gasteiger partial charge >= 0.3 is 17.9 Å². The van der Waals surface area contributed by atoms with Gasteiger partial charge in [0, 0.05) is 25.5 Å². The van der Waals surface area contributed by atoms with Crippen molar-refractivity contribution in [2.75, 3.05) is 47.1 Å². The number of ether oxygens (including phenoxy) is 5. The predicted molar refractivity (Wildman–Crippen MR) is 270 cm³/mol. The van der Waals surface area contributed by atoms with Gasteiger partial charge in [-0.3, -0.25) is 14.4 Å². The number of carbonyl (C=O) groups is 3. The number of rotatable bonds is 45. The maximum atomic E-state index is 12.3. The molecule has 0 aromatic heterocycles. The summed E-state index contributed by atoms with van der Waals surface area (Å²) in [6.07, 6.45) is 47.8. The molecule has 1 rings (SSSR count). The maximum absolute atomic E-state index is 12.3. The Morgan fingerprint density at radius 1 is 0.431 bits per heavy atom. The van der Waals surface area contributed by atoms with E-state index in [-0.39, 0.29) is 24.5 Å². The molecule has 9 nitrogen and oxygen atoms in total. The van der Waals surface area contributed by atoms with Crippen LogP contribution in [0.25, 0.3) is 0 Å². The van der Waals surface area contributed by atoms with Gasteiger partial charge in [0.25, 0.3) is 0 Å². The fourth-order valence-corrected chi connectivity index (χ4v) is 6.90. The van der Waals surface area contributed by atoms with Crippen molar-refractivity contribution in [3.05, 3.63) is 72.4 Å². The molecule has 1 aromatic rings. The van der Waals surface area contributed by atoms with Crippen molar-refractivity contribution in [1.29, 1.82) is 0 Å². The summed E-state index contributed by atoms with van der Waals surface area (Å²) in [5.74, 6) is 0.737. The molecule has 0 aliphatic carbocycles. The smallest absolute Gasteiger partial charge is 0.307 e. The van der Waals surface area contributed by atoms with Crippen molar-refractivity contribution >= 4 is 17.9 Å². The van der Waals surface area contributed by atoms with Crippen molar-refractivity contribution in [3.8, 4) is 11.5 Å². The Morgan fingerprint density at radius 2 is 0.815 bits per heavy atom. The summed E-state index contributed by atoms with van der Waals surface area (Å²) >= 11 is 0. The minimum Gasteiger partial charge on any atom is -0.493 e.